The average molecular weight is 285 g/mol. The summed E-state index contributed by atoms with van der Waals surface area (Å²) in [5.74, 6) is 0.743. The van der Waals surface area contributed by atoms with Gasteiger partial charge in [0.2, 0.25) is 0 Å². The van der Waals surface area contributed by atoms with E-state index in [-0.39, 0.29) is 5.41 Å². The maximum Gasteiger partial charge on any atom is 0.131 e. The predicted octanol–water partition coefficient (Wildman–Crippen LogP) is 3.76. The van der Waals surface area contributed by atoms with Gasteiger partial charge < -0.3 is 11.1 Å². The molecule has 0 aliphatic carbocycles. The molecule has 104 valence electrons. The van der Waals surface area contributed by atoms with Crippen molar-refractivity contribution in [2.45, 2.75) is 26.2 Å². The molecule has 2 rings (SSSR count). The van der Waals surface area contributed by atoms with Gasteiger partial charge in [0.05, 0.1) is 5.69 Å². The van der Waals surface area contributed by atoms with Gasteiger partial charge in [0.25, 0.3) is 0 Å². The number of nitrogens with two attached hydrogens (primary N) is 1. The minimum absolute atomic E-state index is 0.0599. The Morgan fingerprint density at radius 2 is 1.80 bits per heavy atom. The number of aromatic nitrogens is 1. The van der Waals surface area contributed by atoms with Crippen LogP contribution in [0.15, 0.2) is 42.5 Å². The van der Waals surface area contributed by atoms with Gasteiger partial charge >= 0.3 is 0 Å². The van der Waals surface area contributed by atoms with Crippen molar-refractivity contribution in [2.24, 2.45) is 5.73 Å². The van der Waals surface area contributed by atoms with E-state index in [4.69, 9.17) is 18.0 Å². The fraction of sp³-hybridized carbons (Fsp3) is 0.250. The van der Waals surface area contributed by atoms with E-state index in [1.807, 2.05) is 30.3 Å². The first-order chi connectivity index (χ1) is 9.38. The highest BCUT2D eigenvalue weighted by Gasteiger charge is 2.17. The Bertz CT molecular complexity index is 630. The van der Waals surface area contributed by atoms with E-state index in [9.17, 15) is 0 Å². The van der Waals surface area contributed by atoms with Crippen LogP contribution < -0.4 is 11.1 Å². The van der Waals surface area contributed by atoms with Gasteiger partial charge in [0, 0.05) is 5.69 Å². The first-order valence-corrected chi connectivity index (χ1v) is 6.92. The van der Waals surface area contributed by atoms with E-state index >= 15 is 0 Å². The van der Waals surface area contributed by atoms with Crippen LogP contribution in [0.1, 0.15) is 32.0 Å². The molecular formula is C16H19N3S. The summed E-state index contributed by atoms with van der Waals surface area (Å²) in [6.45, 7) is 6.56. The minimum atomic E-state index is 0.0599. The molecule has 4 heteroatoms. The third-order valence-electron chi connectivity index (χ3n) is 3.00. The molecule has 0 unspecified atom stereocenters. The van der Waals surface area contributed by atoms with E-state index in [1.54, 1.807) is 0 Å². The van der Waals surface area contributed by atoms with Crippen molar-refractivity contribution >= 4 is 28.7 Å². The number of anilines is 2. The van der Waals surface area contributed by atoms with Gasteiger partial charge in [-0.15, -0.1) is 0 Å². The first-order valence-electron chi connectivity index (χ1n) is 6.51. The van der Waals surface area contributed by atoms with Crippen molar-refractivity contribution in [1.82, 2.24) is 4.98 Å². The molecule has 0 saturated heterocycles. The number of pyridine rings is 1. The topological polar surface area (TPSA) is 50.9 Å². The molecule has 0 fully saturated rings. The van der Waals surface area contributed by atoms with Crippen molar-refractivity contribution < 1.29 is 0 Å². The van der Waals surface area contributed by atoms with Gasteiger partial charge in [-0.05, 0) is 29.2 Å². The molecular weight excluding hydrogens is 266 g/mol. The maximum atomic E-state index is 5.62. The molecule has 0 bridgehead atoms. The van der Waals surface area contributed by atoms with Crippen molar-refractivity contribution in [2.75, 3.05) is 5.32 Å². The van der Waals surface area contributed by atoms with Crippen molar-refractivity contribution in [3.05, 3.63) is 53.7 Å². The summed E-state index contributed by atoms with van der Waals surface area (Å²) >= 11 is 4.96. The highest BCUT2D eigenvalue weighted by Crippen LogP contribution is 2.30. The van der Waals surface area contributed by atoms with E-state index in [2.05, 4.69) is 43.2 Å². The van der Waals surface area contributed by atoms with E-state index in [0.717, 1.165) is 11.5 Å². The van der Waals surface area contributed by atoms with Crippen LogP contribution in [-0.4, -0.2) is 9.97 Å². The molecule has 1 aromatic heterocycles. The Morgan fingerprint density at radius 3 is 2.45 bits per heavy atom. The Kier molecular flexibility index (Phi) is 4.04. The molecule has 0 saturated carbocycles. The fourth-order valence-electron chi connectivity index (χ4n) is 2.03. The number of para-hydroxylation sites is 1. The van der Waals surface area contributed by atoms with Crippen LogP contribution in [0.5, 0.6) is 0 Å². The molecule has 0 spiro atoms. The zero-order valence-electron chi connectivity index (χ0n) is 12.0. The van der Waals surface area contributed by atoms with Gasteiger partial charge in [-0.1, -0.05) is 57.3 Å². The predicted molar refractivity (Wildman–Crippen MR) is 88.5 cm³/mol. The second kappa shape index (κ2) is 5.59. The Morgan fingerprint density at radius 1 is 1.10 bits per heavy atom. The molecule has 1 aromatic carbocycles. The second-order valence-electron chi connectivity index (χ2n) is 5.69. The summed E-state index contributed by atoms with van der Waals surface area (Å²) in [7, 11) is 0. The third-order valence-corrected chi connectivity index (χ3v) is 3.21. The molecule has 0 atom stereocenters. The molecule has 0 aliphatic rings. The van der Waals surface area contributed by atoms with Crippen LogP contribution >= 0.6 is 12.2 Å². The SMILES string of the molecule is CC(C)(C)c1ccccc1Nc1cccc(C(N)=S)n1. The number of nitrogens with zero attached hydrogens (tertiary/aromatic N) is 1. The molecule has 20 heavy (non-hydrogen) atoms. The van der Waals surface area contributed by atoms with Gasteiger partial charge in [-0.2, -0.15) is 0 Å². The van der Waals surface area contributed by atoms with Crippen molar-refractivity contribution in [3.8, 4) is 0 Å². The molecule has 0 amide bonds. The number of benzene rings is 1. The van der Waals surface area contributed by atoms with Gasteiger partial charge in [0.15, 0.2) is 0 Å². The van der Waals surface area contributed by atoms with Crippen LogP contribution in [0, 0.1) is 0 Å². The first kappa shape index (κ1) is 14.5. The largest absolute Gasteiger partial charge is 0.388 e. The quantitative estimate of drug-likeness (QED) is 0.843. The lowest BCUT2D eigenvalue weighted by Crippen LogP contribution is -2.15. The lowest BCUT2D eigenvalue weighted by molar-refractivity contribution is 0.592. The second-order valence-corrected chi connectivity index (χ2v) is 6.13. The Labute approximate surface area is 125 Å². The maximum absolute atomic E-state index is 5.62. The zero-order chi connectivity index (χ0) is 14.8. The average Bonchev–Trinajstić information content (AvgIpc) is 2.38. The Hall–Kier alpha value is -1.94. The van der Waals surface area contributed by atoms with Crippen LogP contribution in [-0.2, 0) is 5.41 Å². The normalized spacial score (nSPS) is 11.2. The van der Waals surface area contributed by atoms with Gasteiger partial charge in [-0.25, -0.2) is 4.98 Å². The van der Waals surface area contributed by atoms with Crippen molar-refractivity contribution in [3.63, 3.8) is 0 Å². The number of rotatable bonds is 3. The molecule has 0 aliphatic heterocycles. The van der Waals surface area contributed by atoms with E-state index in [0.29, 0.717) is 10.7 Å². The van der Waals surface area contributed by atoms with Crippen LogP contribution in [0.3, 0.4) is 0 Å². The summed E-state index contributed by atoms with van der Waals surface area (Å²) in [5, 5.41) is 3.35. The van der Waals surface area contributed by atoms with Crippen LogP contribution in [0.4, 0.5) is 11.5 Å². The third kappa shape index (κ3) is 3.33. The number of nitrogens with one attached hydrogen (secondary N) is 1. The smallest absolute Gasteiger partial charge is 0.131 e. The van der Waals surface area contributed by atoms with Crippen molar-refractivity contribution in [1.29, 1.82) is 0 Å². The molecule has 2 aromatic rings. The molecule has 0 radical (unpaired) electrons. The number of hydrogen-bond donors (Lipinski definition) is 2. The van der Waals surface area contributed by atoms with Crippen LogP contribution in [0.2, 0.25) is 0 Å². The standard InChI is InChI=1S/C16H19N3S/c1-16(2,3)11-7-4-5-8-12(11)18-14-10-6-9-13(19-14)15(17)20/h4-10H,1-3H3,(H2,17,20)(H,18,19). The van der Waals surface area contributed by atoms with E-state index in [1.165, 1.54) is 5.56 Å². The number of thiocarbonyl (C=S) groups is 1. The zero-order valence-corrected chi connectivity index (χ0v) is 12.8. The lowest BCUT2D eigenvalue weighted by Gasteiger charge is -2.23. The molecule has 3 nitrogen and oxygen atoms in total. The lowest BCUT2D eigenvalue weighted by atomic mass is 9.86. The number of hydrogen-bond acceptors (Lipinski definition) is 3. The summed E-state index contributed by atoms with van der Waals surface area (Å²) in [6.07, 6.45) is 0. The molecule has 3 N–H and O–H groups in total. The summed E-state index contributed by atoms with van der Waals surface area (Å²) in [4.78, 5) is 4.72. The van der Waals surface area contributed by atoms with E-state index < -0.39 is 0 Å². The summed E-state index contributed by atoms with van der Waals surface area (Å²) in [5.41, 5.74) is 8.59. The fourth-order valence-corrected chi connectivity index (χ4v) is 2.14. The minimum Gasteiger partial charge on any atom is -0.388 e. The summed E-state index contributed by atoms with van der Waals surface area (Å²) < 4.78 is 0. The summed E-state index contributed by atoms with van der Waals surface area (Å²) in [6, 6.07) is 13.8. The van der Waals surface area contributed by atoms with Gasteiger partial charge in [0.1, 0.15) is 10.8 Å². The Balaban J connectivity index is 2.36. The van der Waals surface area contributed by atoms with Crippen LogP contribution in [0.25, 0.3) is 0 Å². The monoisotopic (exact) mass is 285 g/mol. The highest BCUT2D eigenvalue weighted by molar-refractivity contribution is 7.80. The van der Waals surface area contributed by atoms with Gasteiger partial charge in [-0.3, -0.25) is 0 Å². The highest BCUT2D eigenvalue weighted by atomic mass is 32.1. The molecule has 1 heterocycles.